The Morgan fingerprint density at radius 2 is 2.00 bits per heavy atom. The number of amides is 1. The molecule has 0 saturated carbocycles. The topological polar surface area (TPSA) is 49.4 Å². The van der Waals surface area contributed by atoms with Gasteiger partial charge in [0.05, 0.1) is 13.1 Å². The highest BCUT2D eigenvalue weighted by molar-refractivity contribution is 7.12. The van der Waals surface area contributed by atoms with Gasteiger partial charge in [0.15, 0.2) is 5.78 Å². The number of hydrogen-bond acceptors (Lipinski definition) is 4. The summed E-state index contributed by atoms with van der Waals surface area (Å²) < 4.78 is 0. The maximum absolute atomic E-state index is 12.0. The van der Waals surface area contributed by atoms with Crippen LogP contribution in [-0.2, 0) is 4.79 Å². The molecule has 0 atom stereocenters. The maximum Gasteiger partial charge on any atom is 0.233 e. The molecule has 0 aliphatic heterocycles. The van der Waals surface area contributed by atoms with Gasteiger partial charge in [0.25, 0.3) is 0 Å². The van der Waals surface area contributed by atoms with E-state index in [4.69, 9.17) is 0 Å². The van der Waals surface area contributed by atoms with Gasteiger partial charge in [0.1, 0.15) is 0 Å². The molecule has 17 heavy (non-hydrogen) atoms. The standard InChI is InChI=1S/C12H18N2O2S/c1-8-5-10(9(2)17-8)11(15)6-14(4)7-12(16)13-3/h5H,6-7H2,1-4H3,(H,13,16). The van der Waals surface area contributed by atoms with E-state index in [2.05, 4.69) is 5.32 Å². The van der Waals surface area contributed by atoms with Gasteiger partial charge < -0.3 is 5.32 Å². The monoisotopic (exact) mass is 254 g/mol. The van der Waals surface area contributed by atoms with Crippen molar-refractivity contribution in [2.45, 2.75) is 13.8 Å². The number of hydrogen-bond donors (Lipinski definition) is 1. The SMILES string of the molecule is CNC(=O)CN(C)CC(=O)c1cc(C)sc1C. The Bertz CT molecular complexity index is 426. The Labute approximate surface area is 106 Å². The fourth-order valence-corrected chi connectivity index (χ4v) is 2.56. The van der Waals surface area contributed by atoms with Crippen LogP contribution in [0.4, 0.5) is 0 Å². The smallest absolute Gasteiger partial charge is 0.233 e. The number of Topliss-reactive ketones (excluding diaryl/α,β-unsaturated/α-hetero) is 1. The summed E-state index contributed by atoms with van der Waals surface area (Å²) in [6.45, 7) is 4.45. The van der Waals surface area contributed by atoms with Crippen LogP contribution in [0.1, 0.15) is 20.1 Å². The lowest BCUT2D eigenvalue weighted by molar-refractivity contribution is -0.121. The summed E-state index contributed by atoms with van der Waals surface area (Å²) in [5.41, 5.74) is 0.774. The quantitative estimate of drug-likeness (QED) is 0.804. The molecule has 1 N–H and O–H groups in total. The second-order valence-electron chi connectivity index (χ2n) is 4.10. The lowest BCUT2D eigenvalue weighted by Gasteiger charge is -2.14. The summed E-state index contributed by atoms with van der Waals surface area (Å²) in [5.74, 6) is -0.0169. The second kappa shape index (κ2) is 5.93. The molecule has 94 valence electrons. The van der Waals surface area contributed by atoms with E-state index in [9.17, 15) is 9.59 Å². The molecule has 0 aliphatic rings. The van der Waals surface area contributed by atoms with Crippen LogP contribution in [0, 0.1) is 13.8 Å². The zero-order valence-electron chi connectivity index (χ0n) is 10.7. The van der Waals surface area contributed by atoms with Crippen LogP contribution in [0.25, 0.3) is 0 Å². The first-order valence-electron chi connectivity index (χ1n) is 5.43. The molecular weight excluding hydrogens is 236 g/mol. The molecule has 1 aromatic rings. The summed E-state index contributed by atoms with van der Waals surface area (Å²) in [6.07, 6.45) is 0. The molecule has 1 rings (SSSR count). The molecular formula is C12H18N2O2S. The Morgan fingerprint density at radius 3 is 2.47 bits per heavy atom. The fraction of sp³-hybridized carbons (Fsp3) is 0.500. The number of thiophene rings is 1. The molecule has 0 aliphatic carbocycles. The summed E-state index contributed by atoms with van der Waals surface area (Å²) in [6, 6.07) is 1.91. The van der Waals surface area contributed by atoms with E-state index >= 15 is 0 Å². The van der Waals surface area contributed by atoms with Gasteiger partial charge >= 0.3 is 0 Å². The van der Waals surface area contributed by atoms with Crippen molar-refractivity contribution < 1.29 is 9.59 Å². The van der Waals surface area contributed by atoms with E-state index in [0.717, 1.165) is 15.3 Å². The van der Waals surface area contributed by atoms with Crippen LogP contribution in [0.5, 0.6) is 0 Å². The van der Waals surface area contributed by atoms with Crippen LogP contribution in [0.15, 0.2) is 6.07 Å². The molecule has 5 heteroatoms. The Morgan fingerprint density at radius 1 is 1.35 bits per heavy atom. The third kappa shape index (κ3) is 3.94. The first-order chi connectivity index (χ1) is 7.93. The third-order valence-electron chi connectivity index (χ3n) is 2.45. The van der Waals surface area contributed by atoms with Crippen molar-refractivity contribution in [1.82, 2.24) is 10.2 Å². The Kier molecular flexibility index (Phi) is 4.84. The van der Waals surface area contributed by atoms with E-state index < -0.39 is 0 Å². The average molecular weight is 254 g/mol. The van der Waals surface area contributed by atoms with Crippen molar-refractivity contribution in [3.8, 4) is 0 Å². The summed E-state index contributed by atoms with van der Waals surface area (Å²) in [5, 5.41) is 2.53. The molecule has 0 unspecified atom stereocenters. The minimum Gasteiger partial charge on any atom is -0.358 e. The van der Waals surface area contributed by atoms with Gasteiger partial charge in [-0.3, -0.25) is 14.5 Å². The largest absolute Gasteiger partial charge is 0.358 e. The number of nitrogens with zero attached hydrogens (tertiary/aromatic N) is 1. The molecule has 1 aromatic heterocycles. The molecule has 0 radical (unpaired) electrons. The minimum absolute atomic E-state index is 0.0678. The lowest BCUT2D eigenvalue weighted by atomic mass is 10.1. The molecule has 0 saturated heterocycles. The minimum atomic E-state index is -0.0847. The molecule has 1 heterocycles. The number of carbonyl (C=O) groups is 2. The van der Waals surface area contributed by atoms with Crippen molar-refractivity contribution in [2.24, 2.45) is 0 Å². The number of ketones is 1. The van der Waals surface area contributed by atoms with Gasteiger partial charge in [-0.25, -0.2) is 0 Å². The highest BCUT2D eigenvalue weighted by Gasteiger charge is 2.15. The van der Waals surface area contributed by atoms with Crippen LogP contribution >= 0.6 is 11.3 Å². The average Bonchev–Trinajstić information content (AvgIpc) is 2.57. The van der Waals surface area contributed by atoms with Gasteiger partial charge in [0.2, 0.25) is 5.91 Å². The number of rotatable bonds is 5. The number of aryl methyl sites for hydroxylation is 2. The number of carbonyl (C=O) groups excluding carboxylic acids is 2. The van der Waals surface area contributed by atoms with E-state index in [1.807, 2.05) is 19.9 Å². The van der Waals surface area contributed by atoms with Crippen LogP contribution < -0.4 is 5.32 Å². The zero-order chi connectivity index (χ0) is 13.0. The van der Waals surface area contributed by atoms with Crippen molar-refractivity contribution in [1.29, 1.82) is 0 Å². The first kappa shape index (κ1) is 13.9. The lowest BCUT2D eigenvalue weighted by Crippen LogP contribution is -2.36. The third-order valence-corrected chi connectivity index (χ3v) is 3.41. The molecule has 1 amide bonds. The van der Waals surface area contributed by atoms with Crippen molar-refractivity contribution in [3.63, 3.8) is 0 Å². The van der Waals surface area contributed by atoms with Crippen molar-refractivity contribution in [3.05, 3.63) is 21.4 Å². The summed E-state index contributed by atoms with van der Waals surface area (Å²) in [4.78, 5) is 27.0. The van der Waals surface area contributed by atoms with Crippen molar-refractivity contribution >= 4 is 23.0 Å². The van der Waals surface area contributed by atoms with Gasteiger partial charge in [-0.1, -0.05) is 0 Å². The van der Waals surface area contributed by atoms with Crippen LogP contribution in [0.2, 0.25) is 0 Å². The van der Waals surface area contributed by atoms with Crippen molar-refractivity contribution in [2.75, 3.05) is 27.2 Å². The second-order valence-corrected chi connectivity index (χ2v) is 5.56. The highest BCUT2D eigenvalue weighted by atomic mass is 32.1. The van der Waals surface area contributed by atoms with Gasteiger partial charge in [-0.15, -0.1) is 11.3 Å². The fourth-order valence-electron chi connectivity index (χ4n) is 1.62. The molecule has 0 spiro atoms. The van der Waals surface area contributed by atoms with E-state index in [1.54, 1.807) is 30.3 Å². The number of likely N-dealkylation sites (N-methyl/N-ethyl adjacent to an activating group) is 2. The molecule has 0 aromatic carbocycles. The highest BCUT2D eigenvalue weighted by Crippen LogP contribution is 2.21. The maximum atomic E-state index is 12.0. The van der Waals surface area contributed by atoms with E-state index in [1.165, 1.54) is 0 Å². The summed E-state index contributed by atoms with van der Waals surface area (Å²) in [7, 11) is 3.35. The number of nitrogens with one attached hydrogen (secondary N) is 1. The zero-order valence-corrected chi connectivity index (χ0v) is 11.5. The van der Waals surface area contributed by atoms with Gasteiger partial charge in [-0.2, -0.15) is 0 Å². The predicted octanol–water partition coefficient (Wildman–Crippen LogP) is 1.23. The normalized spacial score (nSPS) is 10.6. The molecule has 0 bridgehead atoms. The van der Waals surface area contributed by atoms with E-state index in [-0.39, 0.29) is 24.8 Å². The summed E-state index contributed by atoms with van der Waals surface area (Å²) >= 11 is 1.62. The molecule has 0 fully saturated rings. The molecule has 4 nitrogen and oxygen atoms in total. The van der Waals surface area contributed by atoms with Gasteiger partial charge in [-0.05, 0) is 27.0 Å². The van der Waals surface area contributed by atoms with Crippen LogP contribution in [0.3, 0.4) is 0 Å². The van der Waals surface area contributed by atoms with Crippen LogP contribution in [-0.4, -0.2) is 43.8 Å². The Balaban J connectivity index is 2.60. The van der Waals surface area contributed by atoms with Gasteiger partial charge in [0, 0.05) is 22.4 Å². The Hall–Kier alpha value is -1.20. The van der Waals surface area contributed by atoms with E-state index in [0.29, 0.717) is 0 Å². The first-order valence-corrected chi connectivity index (χ1v) is 6.25. The predicted molar refractivity (Wildman–Crippen MR) is 69.7 cm³/mol.